The molecule has 0 heterocycles. The largest absolute Gasteiger partial charge is 0.356 e. The molecular formula is C20H16FN3O3. The van der Waals surface area contributed by atoms with Crippen molar-refractivity contribution in [1.29, 1.82) is 0 Å². The summed E-state index contributed by atoms with van der Waals surface area (Å²) in [7, 11) is 0. The number of halogens is 1. The highest BCUT2D eigenvalue weighted by Gasteiger charge is 2.19. The second-order valence-corrected chi connectivity index (χ2v) is 5.88. The van der Waals surface area contributed by atoms with Gasteiger partial charge in [-0.1, -0.05) is 18.2 Å². The Morgan fingerprint density at radius 3 is 2.19 bits per heavy atom. The van der Waals surface area contributed by atoms with Gasteiger partial charge >= 0.3 is 0 Å². The molecule has 0 saturated carbocycles. The van der Waals surface area contributed by atoms with Crippen LogP contribution in [0.5, 0.6) is 0 Å². The summed E-state index contributed by atoms with van der Waals surface area (Å²) in [6.07, 6.45) is 0. The summed E-state index contributed by atoms with van der Waals surface area (Å²) >= 11 is 0. The maximum atomic E-state index is 13.9. The van der Waals surface area contributed by atoms with Crippen molar-refractivity contribution in [2.75, 3.05) is 10.6 Å². The van der Waals surface area contributed by atoms with Gasteiger partial charge in [-0.05, 0) is 49.4 Å². The third kappa shape index (κ3) is 4.27. The summed E-state index contributed by atoms with van der Waals surface area (Å²) in [6, 6.07) is 18.6. The highest BCUT2D eigenvalue weighted by molar-refractivity contribution is 6.04. The second-order valence-electron chi connectivity index (χ2n) is 5.88. The van der Waals surface area contributed by atoms with E-state index in [1.165, 1.54) is 6.92 Å². The van der Waals surface area contributed by atoms with Crippen LogP contribution in [0.1, 0.15) is 15.9 Å². The van der Waals surface area contributed by atoms with Gasteiger partial charge in [0.2, 0.25) is 0 Å². The number of nitro benzene ring substituents is 1. The molecule has 0 atom stereocenters. The molecule has 3 aromatic rings. The molecule has 3 aromatic carbocycles. The van der Waals surface area contributed by atoms with Gasteiger partial charge in [0.15, 0.2) is 0 Å². The Morgan fingerprint density at radius 2 is 1.56 bits per heavy atom. The Kier molecular flexibility index (Phi) is 5.12. The minimum absolute atomic E-state index is 0.104. The third-order valence-electron chi connectivity index (χ3n) is 3.98. The van der Waals surface area contributed by atoms with Crippen molar-refractivity contribution in [1.82, 2.24) is 0 Å². The Bertz CT molecular complexity index is 989. The highest BCUT2D eigenvalue weighted by atomic mass is 19.1. The molecule has 0 aliphatic heterocycles. The zero-order chi connectivity index (χ0) is 19.4. The molecule has 0 saturated heterocycles. The van der Waals surface area contributed by atoms with E-state index in [0.29, 0.717) is 5.69 Å². The Morgan fingerprint density at radius 1 is 0.963 bits per heavy atom. The number of hydrogen-bond acceptors (Lipinski definition) is 4. The maximum absolute atomic E-state index is 13.9. The van der Waals surface area contributed by atoms with E-state index in [-0.39, 0.29) is 11.1 Å². The molecule has 0 fully saturated rings. The van der Waals surface area contributed by atoms with Crippen molar-refractivity contribution in [2.45, 2.75) is 6.92 Å². The van der Waals surface area contributed by atoms with Crippen LogP contribution in [0.3, 0.4) is 0 Å². The van der Waals surface area contributed by atoms with Gasteiger partial charge in [0, 0.05) is 28.7 Å². The van der Waals surface area contributed by atoms with Crippen molar-refractivity contribution in [3.05, 3.63) is 93.8 Å². The first-order valence-corrected chi connectivity index (χ1v) is 8.12. The molecule has 0 aromatic heterocycles. The van der Waals surface area contributed by atoms with Gasteiger partial charge < -0.3 is 10.6 Å². The second kappa shape index (κ2) is 7.65. The normalized spacial score (nSPS) is 10.3. The SMILES string of the molecule is Cc1c(F)cc(C(=O)Nc2ccc(Nc3ccccc3)cc2)cc1[N+](=O)[O-]. The predicted octanol–water partition coefficient (Wildman–Crippen LogP) is 5.04. The van der Waals surface area contributed by atoms with E-state index in [9.17, 15) is 19.3 Å². The van der Waals surface area contributed by atoms with Crippen LogP contribution < -0.4 is 10.6 Å². The van der Waals surface area contributed by atoms with Crippen LogP contribution in [-0.2, 0) is 0 Å². The van der Waals surface area contributed by atoms with E-state index in [2.05, 4.69) is 10.6 Å². The molecule has 0 spiro atoms. The lowest BCUT2D eigenvalue weighted by atomic mass is 10.1. The molecule has 136 valence electrons. The minimum Gasteiger partial charge on any atom is -0.356 e. The van der Waals surface area contributed by atoms with Crippen molar-refractivity contribution in [3.8, 4) is 0 Å². The topological polar surface area (TPSA) is 84.3 Å². The molecule has 2 N–H and O–H groups in total. The quantitative estimate of drug-likeness (QED) is 0.490. The Balaban J connectivity index is 1.74. The van der Waals surface area contributed by atoms with Crippen LogP contribution in [-0.4, -0.2) is 10.8 Å². The molecule has 6 nitrogen and oxygen atoms in total. The summed E-state index contributed by atoms with van der Waals surface area (Å²) < 4.78 is 13.9. The van der Waals surface area contributed by atoms with E-state index in [4.69, 9.17) is 0 Å². The Hall–Kier alpha value is -3.74. The van der Waals surface area contributed by atoms with Crippen LogP contribution in [0.25, 0.3) is 0 Å². The maximum Gasteiger partial charge on any atom is 0.276 e. The average molecular weight is 365 g/mol. The highest BCUT2D eigenvalue weighted by Crippen LogP contribution is 2.24. The zero-order valence-electron chi connectivity index (χ0n) is 14.4. The molecule has 0 aliphatic carbocycles. The molecule has 0 bridgehead atoms. The van der Waals surface area contributed by atoms with Crippen molar-refractivity contribution in [3.63, 3.8) is 0 Å². The molecule has 7 heteroatoms. The first kappa shape index (κ1) is 18.1. The summed E-state index contributed by atoms with van der Waals surface area (Å²) in [6.45, 7) is 1.30. The lowest BCUT2D eigenvalue weighted by molar-refractivity contribution is -0.385. The van der Waals surface area contributed by atoms with E-state index in [0.717, 1.165) is 23.5 Å². The van der Waals surface area contributed by atoms with Crippen molar-refractivity contribution in [2.24, 2.45) is 0 Å². The van der Waals surface area contributed by atoms with Crippen molar-refractivity contribution >= 4 is 28.7 Å². The number of anilines is 3. The number of para-hydroxylation sites is 1. The van der Waals surface area contributed by atoms with Crippen LogP contribution in [0.4, 0.5) is 27.1 Å². The lowest BCUT2D eigenvalue weighted by Gasteiger charge is -2.09. The van der Waals surface area contributed by atoms with E-state index >= 15 is 0 Å². The fraction of sp³-hybridized carbons (Fsp3) is 0.0500. The number of carbonyl (C=O) groups excluding carboxylic acids is 1. The number of nitrogens with one attached hydrogen (secondary N) is 2. The first-order valence-electron chi connectivity index (χ1n) is 8.12. The summed E-state index contributed by atoms with van der Waals surface area (Å²) in [5.74, 6) is -1.42. The molecule has 0 aliphatic rings. The van der Waals surface area contributed by atoms with Gasteiger partial charge in [0.1, 0.15) is 5.82 Å². The van der Waals surface area contributed by atoms with Gasteiger partial charge in [-0.2, -0.15) is 0 Å². The standard InChI is InChI=1S/C20H16FN3O3/c1-13-18(21)11-14(12-19(13)24(26)27)20(25)23-17-9-7-16(8-10-17)22-15-5-3-2-4-6-15/h2-12,22H,1H3,(H,23,25). The summed E-state index contributed by atoms with van der Waals surface area (Å²) in [5, 5.41) is 16.8. The monoisotopic (exact) mass is 365 g/mol. The number of carbonyl (C=O) groups is 1. The fourth-order valence-electron chi connectivity index (χ4n) is 2.51. The first-order chi connectivity index (χ1) is 12.9. The van der Waals surface area contributed by atoms with Gasteiger partial charge in [0.05, 0.1) is 10.5 Å². The number of nitro groups is 1. The van der Waals surface area contributed by atoms with Gasteiger partial charge in [-0.15, -0.1) is 0 Å². The van der Waals surface area contributed by atoms with E-state index < -0.39 is 22.3 Å². The van der Waals surface area contributed by atoms with Crippen LogP contribution in [0, 0.1) is 22.9 Å². The van der Waals surface area contributed by atoms with E-state index in [1.54, 1.807) is 24.3 Å². The molecule has 3 rings (SSSR count). The van der Waals surface area contributed by atoms with Crippen LogP contribution >= 0.6 is 0 Å². The number of amides is 1. The lowest BCUT2D eigenvalue weighted by Crippen LogP contribution is -2.13. The molecule has 27 heavy (non-hydrogen) atoms. The third-order valence-corrected chi connectivity index (χ3v) is 3.98. The van der Waals surface area contributed by atoms with Crippen LogP contribution in [0.15, 0.2) is 66.7 Å². The number of benzene rings is 3. The van der Waals surface area contributed by atoms with Crippen molar-refractivity contribution < 1.29 is 14.1 Å². The average Bonchev–Trinajstić information content (AvgIpc) is 2.66. The number of hydrogen-bond donors (Lipinski definition) is 2. The number of rotatable bonds is 5. The van der Waals surface area contributed by atoms with Gasteiger partial charge in [0.25, 0.3) is 11.6 Å². The molecule has 0 unspecified atom stereocenters. The van der Waals surface area contributed by atoms with Gasteiger partial charge in [-0.3, -0.25) is 14.9 Å². The Labute approximate surface area is 154 Å². The van der Waals surface area contributed by atoms with Crippen LogP contribution in [0.2, 0.25) is 0 Å². The predicted molar refractivity (Wildman–Crippen MR) is 102 cm³/mol. The van der Waals surface area contributed by atoms with Gasteiger partial charge in [-0.25, -0.2) is 4.39 Å². The summed E-state index contributed by atoms with van der Waals surface area (Å²) in [5.41, 5.74) is 1.60. The molecule has 1 amide bonds. The fourth-order valence-corrected chi connectivity index (χ4v) is 2.51. The summed E-state index contributed by atoms with van der Waals surface area (Å²) in [4.78, 5) is 22.6. The number of nitrogens with zero attached hydrogens (tertiary/aromatic N) is 1. The molecular weight excluding hydrogens is 349 g/mol. The molecule has 0 radical (unpaired) electrons. The minimum atomic E-state index is -0.795. The van der Waals surface area contributed by atoms with E-state index in [1.807, 2.05) is 30.3 Å². The zero-order valence-corrected chi connectivity index (χ0v) is 14.4. The smallest absolute Gasteiger partial charge is 0.276 e.